The molecule has 2 aromatic rings. The van der Waals surface area contributed by atoms with Gasteiger partial charge in [0.15, 0.2) is 5.17 Å². The van der Waals surface area contributed by atoms with Gasteiger partial charge in [0.25, 0.3) is 0 Å². The molecule has 0 saturated heterocycles. The van der Waals surface area contributed by atoms with E-state index in [1.54, 1.807) is 0 Å². The molecule has 5 heteroatoms. The number of alkyl halides is 1. The van der Waals surface area contributed by atoms with E-state index in [1.807, 2.05) is 11.8 Å². The van der Waals surface area contributed by atoms with Crippen LogP contribution in [0.25, 0.3) is 0 Å². The summed E-state index contributed by atoms with van der Waals surface area (Å²) in [5, 5.41) is 1.80. The van der Waals surface area contributed by atoms with Gasteiger partial charge >= 0.3 is 0 Å². The molecule has 0 bridgehead atoms. The summed E-state index contributed by atoms with van der Waals surface area (Å²) in [5.74, 6) is 0. The van der Waals surface area contributed by atoms with Gasteiger partial charge in [-0.1, -0.05) is 95.0 Å². The number of halogens is 2. The first-order valence-electron chi connectivity index (χ1n) is 7.90. The quantitative estimate of drug-likeness (QED) is 0.339. The minimum absolute atomic E-state index is 0. The Hall–Kier alpha value is -0.280. The molecule has 0 amide bonds. The zero-order chi connectivity index (χ0) is 16.1. The molecular weight excluding hydrogens is 542 g/mol. The Kier molecular flexibility index (Phi) is 8.36. The normalized spacial score (nSPS) is 17.8. The van der Waals surface area contributed by atoms with Crippen LogP contribution in [-0.4, -0.2) is 26.3 Å². The fourth-order valence-electron chi connectivity index (χ4n) is 2.70. The van der Waals surface area contributed by atoms with Crippen molar-refractivity contribution in [1.82, 2.24) is 4.90 Å². The second-order valence-electron chi connectivity index (χ2n) is 5.72. The molecule has 0 aromatic heterocycles. The van der Waals surface area contributed by atoms with Crippen molar-refractivity contribution in [3.63, 3.8) is 0 Å². The van der Waals surface area contributed by atoms with Gasteiger partial charge in [-0.05, 0) is 18.1 Å². The summed E-state index contributed by atoms with van der Waals surface area (Å²) in [6, 6.07) is 21.7. The Morgan fingerprint density at radius 1 is 1.12 bits per heavy atom. The van der Waals surface area contributed by atoms with Crippen LogP contribution in [0.4, 0.5) is 0 Å². The van der Waals surface area contributed by atoms with Crippen molar-refractivity contribution in [2.45, 2.75) is 24.8 Å². The second kappa shape index (κ2) is 10.0. The SMILES string of the molecule is CC(c1ccccc1)N(Cc1ccccc1)C1=NCC(CI)S1.I. The molecule has 1 aliphatic rings. The highest BCUT2D eigenvalue weighted by molar-refractivity contribution is 14.1. The summed E-state index contributed by atoms with van der Waals surface area (Å²) < 4.78 is 1.15. The maximum atomic E-state index is 4.83. The Labute approximate surface area is 179 Å². The monoisotopic (exact) mass is 564 g/mol. The average molecular weight is 564 g/mol. The predicted molar refractivity (Wildman–Crippen MR) is 125 cm³/mol. The van der Waals surface area contributed by atoms with Crippen molar-refractivity contribution in [3.8, 4) is 0 Å². The molecule has 0 N–H and O–H groups in total. The highest BCUT2D eigenvalue weighted by Gasteiger charge is 2.27. The van der Waals surface area contributed by atoms with E-state index < -0.39 is 0 Å². The van der Waals surface area contributed by atoms with Crippen molar-refractivity contribution in [2.24, 2.45) is 4.99 Å². The molecule has 2 unspecified atom stereocenters. The van der Waals surface area contributed by atoms with Crippen molar-refractivity contribution in [3.05, 3.63) is 71.8 Å². The predicted octanol–water partition coefficient (Wildman–Crippen LogP) is 5.77. The maximum absolute atomic E-state index is 4.83. The summed E-state index contributed by atoms with van der Waals surface area (Å²) in [5.41, 5.74) is 2.67. The lowest BCUT2D eigenvalue weighted by molar-refractivity contribution is 0.336. The molecular formula is C19H22I2N2S. The summed E-state index contributed by atoms with van der Waals surface area (Å²) in [4.78, 5) is 7.28. The van der Waals surface area contributed by atoms with E-state index in [9.17, 15) is 0 Å². The van der Waals surface area contributed by atoms with Gasteiger partial charge in [-0.3, -0.25) is 4.99 Å². The van der Waals surface area contributed by atoms with Gasteiger partial charge in [0, 0.05) is 16.2 Å². The fourth-order valence-corrected chi connectivity index (χ4v) is 4.54. The van der Waals surface area contributed by atoms with Crippen LogP contribution in [0, 0.1) is 0 Å². The fraction of sp³-hybridized carbons (Fsp3) is 0.316. The zero-order valence-corrected chi connectivity index (χ0v) is 18.9. The number of aliphatic imine (C=N–C) groups is 1. The Bertz CT molecular complexity index is 649. The minimum Gasteiger partial charge on any atom is -0.340 e. The molecule has 2 atom stereocenters. The van der Waals surface area contributed by atoms with E-state index >= 15 is 0 Å². The Morgan fingerprint density at radius 2 is 1.75 bits per heavy atom. The first kappa shape index (κ1) is 20.0. The topological polar surface area (TPSA) is 15.6 Å². The third kappa shape index (κ3) is 5.11. The van der Waals surface area contributed by atoms with E-state index in [2.05, 4.69) is 95.1 Å². The molecule has 1 heterocycles. The molecule has 0 fully saturated rings. The van der Waals surface area contributed by atoms with Gasteiger partial charge < -0.3 is 4.90 Å². The van der Waals surface area contributed by atoms with Crippen LogP contribution in [0.5, 0.6) is 0 Å². The van der Waals surface area contributed by atoms with Crippen LogP contribution < -0.4 is 0 Å². The van der Waals surface area contributed by atoms with Crippen molar-refractivity contribution in [1.29, 1.82) is 0 Å². The van der Waals surface area contributed by atoms with Gasteiger partial charge in [0.1, 0.15) is 0 Å². The lowest BCUT2D eigenvalue weighted by Gasteiger charge is -2.31. The maximum Gasteiger partial charge on any atom is 0.160 e. The van der Waals surface area contributed by atoms with Gasteiger partial charge in [-0.2, -0.15) is 0 Å². The number of hydrogen-bond donors (Lipinski definition) is 0. The number of benzene rings is 2. The lowest BCUT2D eigenvalue weighted by Crippen LogP contribution is -2.30. The first-order chi connectivity index (χ1) is 11.3. The number of thioether (sulfide) groups is 1. The molecule has 0 saturated carbocycles. The minimum atomic E-state index is 0. The van der Waals surface area contributed by atoms with E-state index in [0.29, 0.717) is 11.3 Å². The number of nitrogens with zero attached hydrogens (tertiary/aromatic N) is 2. The Morgan fingerprint density at radius 3 is 2.33 bits per heavy atom. The van der Waals surface area contributed by atoms with E-state index in [4.69, 9.17) is 4.99 Å². The number of amidine groups is 1. The molecule has 0 radical (unpaired) electrons. The van der Waals surface area contributed by atoms with E-state index in [1.165, 1.54) is 16.3 Å². The zero-order valence-electron chi connectivity index (χ0n) is 13.6. The van der Waals surface area contributed by atoms with Crippen LogP contribution in [0.2, 0.25) is 0 Å². The average Bonchev–Trinajstić information content (AvgIpc) is 3.09. The van der Waals surface area contributed by atoms with Gasteiger partial charge in [-0.15, -0.1) is 24.0 Å². The third-order valence-electron chi connectivity index (χ3n) is 4.07. The molecule has 2 aromatic carbocycles. The van der Waals surface area contributed by atoms with E-state index in [0.717, 1.165) is 17.5 Å². The molecule has 3 rings (SSSR count). The standard InChI is InChI=1S/C19H21IN2S.HI/c1-15(17-10-6-3-7-11-17)22(14-16-8-4-2-5-9-16)19-21-13-18(12-20)23-19;/h2-11,15,18H,12-14H2,1H3;1H. The van der Waals surface area contributed by atoms with Crippen LogP contribution in [-0.2, 0) is 6.54 Å². The van der Waals surface area contributed by atoms with Crippen molar-refractivity contribution >= 4 is 63.5 Å². The van der Waals surface area contributed by atoms with Crippen LogP contribution in [0.15, 0.2) is 65.7 Å². The molecule has 0 aliphatic carbocycles. The summed E-state index contributed by atoms with van der Waals surface area (Å²) >= 11 is 4.39. The van der Waals surface area contributed by atoms with Crippen LogP contribution in [0.3, 0.4) is 0 Å². The van der Waals surface area contributed by atoms with Gasteiger partial charge in [0.2, 0.25) is 0 Å². The summed E-state index contributed by atoms with van der Waals surface area (Å²) in [7, 11) is 0. The van der Waals surface area contributed by atoms with Crippen LogP contribution >= 0.6 is 58.3 Å². The number of rotatable bonds is 5. The summed E-state index contributed by atoms with van der Waals surface area (Å²) in [6.07, 6.45) is 0. The molecule has 1 aliphatic heterocycles. The molecule has 2 nitrogen and oxygen atoms in total. The summed E-state index contributed by atoms with van der Waals surface area (Å²) in [6.45, 7) is 4.12. The van der Waals surface area contributed by atoms with Crippen LogP contribution in [0.1, 0.15) is 24.1 Å². The smallest absolute Gasteiger partial charge is 0.160 e. The molecule has 0 spiro atoms. The van der Waals surface area contributed by atoms with Gasteiger partial charge in [-0.25, -0.2) is 0 Å². The highest BCUT2D eigenvalue weighted by atomic mass is 127. The third-order valence-corrected chi connectivity index (χ3v) is 6.95. The van der Waals surface area contributed by atoms with Gasteiger partial charge in [0.05, 0.1) is 12.6 Å². The Balaban J connectivity index is 0.00000208. The van der Waals surface area contributed by atoms with E-state index in [-0.39, 0.29) is 24.0 Å². The van der Waals surface area contributed by atoms with Crippen molar-refractivity contribution < 1.29 is 0 Å². The highest BCUT2D eigenvalue weighted by Crippen LogP contribution is 2.32. The molecule has 128 valence electrons. The largest absolute Gasteiger partial charge is 0.340 e. The second-order valence-corrected chi connectivity index (χ2v) is 7.87. The first-order valence-corrected chi connectivity index (χ1v) is 10.3. The van der Waals surface area contributed by atoms with Crippen molar-refractivity contribution in [2.75, 3.05) is 11.0 Å². The molecule has 24 heavy (non-hydrogen) atoms. The lowest BCUT2D eigenvalue weighted by atomic mass is 10.1. The number of hydrogen-bond acceptors (Lipinski definition) is 3.